The molecule has 20 heavy (non-hydrogen) atoms. The molecular weight excluding hydrogens is 276 g/mol. The van der Waals surface area contributed by atoms with E-state index < -0.39 is 10.0 Å². The number of nitrogens with zero attached hydrogens (tertiary/aromatic N) is 4. The normalized spacial score (nSPS) is 24.6. The van der Waals surface area contributed by atoms with Gasteiger partial charge in [0.05, 0.1) is 11.8 Å². The third kappa shape index (κ3) is 2.75. The fourth-order valence-electron chi connectivity index (χ4n) is 2.91. The molecule has 0 N–H and O–H groups in total. The summed E-state index contributed by atoms with van der Waals surface area (Å²) in [4.78, 5) is 6.44. The minimum Gasteiger partial charge on any atom is -0.333 e. The Morgan fingerprint density at radius 3 is 2.75 bits per heavy atom. The van der Waals surface area contributed by atoms with E-state index in [9.17, 15) is 8.42 Å². The third-order valence-electron chi connectivity index (χ3n) is 3.97. The average molecular weight is 298 g/mol. The van der Waals surface area contributed by atoms with Crippen LogP contribution in [0.25, 0.3) is 0 Å². The second-order valence-electron chi connectivity index (χ2n) is 6.16. The highest BCUT2D eigenvalue weighted by Gasteiger charge is 2.41. The number of hydrogen-bond acceptors (Lipinski definition) is 4. The molecule has 0 aromatic carbocycles. The van der Waals surface area contributed by atoms with Gasteiger partial charge in [-0.25, -0.2) is 13.4 Å². The van der Waals surface area contributed by atoms with Crippen LogP contribution in [0.1, 0.15) is 18.7 Å². The van der Waals surface area contributed by atoms with Crippen LogP contribution >= 0.6 is 0 Å². The molecule has 1 fully saturated rings. The van der Waals surface area contributed by atoms with E-state index in [1.54, 1.807) is 10.5 Å². The molecule has 7 heteroatoms. The van der Waals surface area contributed by atoms with Gasteiger partial charge in [-0.05, 0) is 26.9 Å². The molecule has 112 valence electrons. The summed E-state index contributed by atoms with van der Waals surface area (Å²) in [5.41, 5.74) is 0. The summed E-state index contributed by atoms with van der Waals surface area (Å²) >= 11 is 0. The molecule has 0 saturated heterocycles. The maximum atomic E-state index is 12.5. The van der Waals surface area contributed by atoms with Crippen molar-refractivity contribution in [2.75, 3.05) is 27.2 Å². The number of fused-ring (bicyclic) bond motifs is 1. The quantitative estimate of drug-likeness (QED) is 0.806. The van der Waals surface area contributed by atoms with Gasteiger partial charge in [0, 0.05) is 37.9 Å². The van der Waals surface area contributed by atoms with E-state index >= 15 is 0 Å². The van der Waals surface area contributed by atoms with Crippen LogP contribution < -0.4 is 0 Å². The van der Waals surface area contributed by atoms with E-state index in [0.29, 0.717) is 19.0 Å². The zero-order chi connectivity index (χ0) is 14.3. The SMILES string of the molecule is CN(C)C[C@H]1CN(S(=O)(=O)C2CC2)Cc2nccn2C1. The van der Waals surface area contributed by atoms with Gasteiger partial charge in [0.2, 0.25) is 10.0 Å². The topological polar surface area (TPSA) is 58.4 Å². The Morgan fingerprint density at radius 1 is 1.35 bits per heavy atom. The molecule has 0 amide bonds. The molecule has 1 aromatic rings. The lowest BCUT2D eigenvalue weighted by Crippen LogP contribution is -2.38. The van der Waals surface area contributed by atoms with E-state index in [1.807, 2.05) is 20.3 Å². The monoisotopic (exact) mass is 298 g/mol. The van der Waals surface area contributed by atoms with Gasteiger partial charge in [0.25, 0.3) is 0 Å². The predicted molar refractivity (Wildman–Crippen MR) is 76.6 cm³/mol. The van der Waals surface area contributed by atoms with Gasteiger partial charge >= 0.3 is 0 Å². The highest BCUT2D eigenvalue weighted by molar-refractivity contribution is 7.90. The fraction of sp³-hybridized carbons (Fsp3) is 0.769. The van der Waals surface area contributed by atoms with Crippen molar-refractivity contribution in [3.8, 4) is 0 Å². The van der Waals surface area contributed by atoms with Crippen molar-refractivity contribution in [2.24, 2.45) is 5.92 Å². The van der Waals surface area contributed by atoms with Crippen molar-refractivity contribution in [2.45, 2.75) is 31.2 Å². The van der Waals surface area contributed by atoms with Gasteiger partial charge in [-0.15, -0.1) is 0 Å². The predicted octanol–water partition coefficient (Wildman–Crippen LogP) is 0.369. The molecule has 0 spiro atoms. The minimum absolute atomic E-state index is 0.149. The molecule has 1 aliphatic heterocycles. The average Bonchev–Trinajstić information content (AvgIpc) is 3.14. The van der Waals surface area contributed by atoms with Gasteiger partial charge in [-0.2, -0.15) is 4.31 Å². The van der Waals surface area contributed by atoms with Crippen LogP contribution in [0, 0.1) is 5.92 Å². The zero-order valence-electron chi connectivity index (χ0n) is 12.1. The Hall–Kier alpha value is -0.920. The van der Waals surface area contributed by atoms with Crippen molar-refractivity contribution < 1.29 is 8.42 Å². The first-order valence-electron chi connectivity index (χ1n) is 7.10. The van der Waals surface area contributed by atoms with Gasteiger partial charge in [-0.3, -0.25) is 0 Å². The van der Waals surface area contributed by atoms with Crippen LogP contribution in [0.5, 0.6) is 0 Å². The number of imidazole rings is 1. The van der Waals surface area contributed by atoms with E-state index in [1.165, 1.54) is 0 Å². The molecule has 1 aliphatic carbocycles. The molecule has 0 radical (unpaired) electrons. The third-order valence-corrected chi connectivity index (χ3v) is 6.28. The first kappa shape index (κ1) is 14.0. The molecular formula is C13H22N4O2S. The van der Waals surface area contributed by atoms with Crippen LogP contribution in [0.3, 0.4) is 0 Å². The Labute approximate surface area is 120 Å². The Morgan fingerprint density at radius 2 is 2.10 bits per heavy atom. The summed E-state index contributed by atoms with van der Waals surface area (Å²) in [6, 6.07) is 0. The van der Waals surface area contributed by atoms with Gasteiger partial charge in [-0.1, -0.05) is 0 Å². The summed E-state index contributed by atoms with van der Waals surface area (Å²) < 4.78 is 28.8. The lowest BCUT2D eigenvalue weighted by Gasteiger charge is -2.25. The van der Waals surface area contributed by atoms with E-state index in [4.69, 9.17) is 0 Å². The maximum absolute atomic E-state index is 12.5. The second kappa shape index (κ2) is 5.13. The highest BCUT2D eigenvalue weighted by atomic mass is 32.2. The summed E-state index contributed by atoms with van der Waals surface area (Å²) in [7, 11) is 0.914. The number of rotatable bonds is 4. The lowest BCUT2D eigenvalue weighted by atomic mass is 10.1. The van der Waals surface area contributed by atoms with E-state index in [2.05, 4.69) is 14.5 Å². The van der Waals surface area contributed by atoms with Crippen LogP contribution in [-0.2, 0) is 23.1 Å². The van der Waals surface area contributed by atoms with Crippen LogP contribution in [-0.4, -0.2) is 59.6 Å². The second-order valence-corrected chi connectivity index (χ2v) is 8.37. The lowest BCUT2D eigenvalue weighted by molar-refractivity contribution is 0.264. The molecule has 0 unspecified atom stereocenters. The largest absolute Gasteiger partial charge is 0.333 e. The molecule has 1 atom stereocenters. The van der Waals surface area contributed by atoms with E-state index in [0.717, 1.165) is 31.8 Å². The van der Waals surface area contributed by atoms with Crippen LogP contribution in [0.4, 0.5) is 0 Å². The molecule has 1 saturated carbocycles. The number of sulfonamides is 1. The van der Waals surface area contributed by atoms with E-state index in [-0.39, 0.29) is 5.25 Å². The first-order chi connectivity index (χ1) is 9.46. The first-order valence-corrected chi connectivity index (χ1v) is 8.61. The zero-order valence-corrected chi connectivity index (χ0v) is 12.9. The Balaban J connectivity index is 1.87. The van der Waals surface area contributed by atoms with Crippen molar-refractivity contribution in [1.29, 1.82) is 0 Å². The Bertz CT molecular complexity index is 577. The van der Waals surface area contributed by atoms with Crippen LogP contribution in [0.15, 0.2) is 12.4 Å². The van der Waals surface area contributed by atoms with Crippen molar-refractivity contribution in [1.82, 2.24) is 18.8 Å². The van der Waals surface area contributed by atoms with Gasteiger partial charge in [0.1, 0.15) is 5.82 Å². The number of aromatic nitrogens is 2. The van der Waals surface area contributed by atoms with Crippen LogP contribution in [0.2, 0.25) is 0 Å². The summed E-state index contributed by atoms with van der Waals surface area (Å²) in [6.45, 7) is 2.73. The fourth-order valence-corrected chi connectivity index (χ4v) is 4.77. The standard InChI is InChI=1S/C13H22N4O2S/c1-15(2)7-11-8-16-6-5-14-13(16)10-17(9-11)20(18,19)12-3-4-12/h5-6,11-12H,3-4,7-10H2,1-2H3/t11-/m1/s1. The molecule has 6 nitrogen and oxygen atoms in total. The summed E-state index contributed by atoms with van der Waals surface area (Å²) in [5.74, 6) is 1.16. The molecule has 1 aromatic heterocycles. The molecule has 0 bridgehead atoms. The minimum atomic E-state index is -3.14. The smallest absolute Gasteiger partial charge is 0.217 e. The maximum Gasteiger partial charge on any atom is 0.217 e. The molecule has 2 heterocycles. The van der Waals surface area contributed by atoms with Crippen molar-refractivity contribution in [3.63, 3.8) is 0 Å². The molecule has 2 aliphatic rings. The molecule has 3 rings (SSSR count). The summed E-state index contributed by atoms with van der Waals surface area (Å²) in [6.07, 6.45) is 5.33. The van der Waals surface area contributed by atoms with Crippen molar-refractivity contribution in [3.05, 3.63) is 18.2 Å². The summed E-state index contributed by atoms with van der Waals surface area (Å²) in [5, 5.41) is -0.149. The van der Waals surface area contributed by atoms with Gasteiger partial charge in [0.15, 0.2) is 0 Å². The highest BCUT2D eigenvalue weighted by Crippen LogP contribution is 2.33. The Kier molecular flexibility index (Phi) is 3.60. The number of hydrogen-bond donors (Lipinski definition) is 0. The van der Waals surface area contributed by atoms with Gasteiger partial charge < -0.3 is 9.47 Å². The van der Waals surface area contributed by atoms with Crippen molar-refractivity contribution >= 4 is 10.0 Å².